The monoisotopic (exact) mass is 342 g/mol. The Morgan fingerprint density at radius 1 is 1.28 bits per heavy atom. The van der Waals surface area contributed by atoms with Gasteiger partial charge in [-0.2, -0.15) is 0 Å². The first-order valence-corrected chi connectivity index (χ1v) is 7.91. The van der Waals surface area contributed by atoms with Crippen molar-refractivity contribution >= 4 is 16.8 Å². The number of carbonyl (C=O) groups is 1. The van der Waals surface area contributed by atoms with Crippen LogP contribution < -0.4 is 10.1 Å². The number of ether oxygens (including phenoxy) is 1. The van der Waals surface area contributed by atoms with Crippen LogP contribution in [0.1, 0.15) is 11.7 Å². The Hall–Kier alpha value is -2.86. The number of fused-ring (bicyclic) bond motifs is 1. The molecule has 0 saturated heterocycles. The van der Waals surface area contributed by atoms with Crippen molar-refractivity contribution in [3.8, 4) is 5.75 Å². The van der Waals surface area contributed by atoms with Crippen molar-refractivity contribution in [1.82, 2.24) is 9.88 Å². The number of aryl methyl sites for hydroxylation is 1. The molecule has 2 N–H and O–H groups in total. The molecule has 1 heterocycles. The van der Waals surface area contributed by atoms with E-state index in [1.807, 2.05) is 42.1 Å². The van der Waals surface area contributed by atoms with Gasteiger partial charge in [0.2, 0.25) is 0 Å². The van der Waals surface area contributed by atoms with E-state index in [4.69, 9.17) is 4.74 Å². The highest BCUT2D eigenvalue weighted by Gasteiger charge is 2.12. The molecular weight excluding hydrogens is 323 g/mol. The van der Waals surface area contributed by atoms with Crippen LogP contribution in [0.15, 0.2) is 54.7 Å². The number of aliphatic hydroxyl groups is 1. The van der Waals surface area contributed by atoms with Crippen LogP contribution in [-0.2, 0) is 11.8 Å². The van der Waals surface area contributed by atoms with E-state index in [1.165, 1.54) is 12.1 Å². The summed E-state index contributed by atoms with van der Waals surface area (Å²) in [5, 5.41) is 13.8. The summed E-state index contributed by atoms with van der Waals surface area (Å²) in [4.78, 5) is 11.8. The Balaban J connectivity index is 1.53. The van der Waals surface area contributed by atoms with Crippen molar-refractivity contribution < 1.29 is 19.0 Å². The molecule has 1 aromatic heterocycles. The molecule has 3 aromatic rings. The van der Waals surface area contributed by atoms with Crippen molar-refractivity contribution in [3.63, 3.8) is 0 Å². The number of aliphatic hydroxyl groups excluding tert-OH is 1. The zero-order valence-corrected chi connectivity index (χ0v) is 13.8. The van der Waals surface area contributed by atoms with Crippen LogP contribution in [0, 0.1) is 5.82 Å². The van der Waals surface area contributed by atoms with E-state index in [9.17, 15) is 14.3 Å². The molecule has 5 nitrogen and oxygen atoms in total. The van der Waals surface area contributed by atoms with Crippen LogP contribution in [0.3, 0.4) is 0 Å². The molecule has 0 saturated carbocycles. The second-order valence-electron chi connectivity index (χ2n) is 5.78. The molecule has 2 aromatic carbocycles. The Kier molecular flexibility index (Phi) is 5.00. The molecule has 0 spiro atoms. The lowest BCUT2D eigenvalue weighted by Gasteiger charge is -2.13. The lowest BCUT2D eigenvalue weighted by atomic mass is 10.1. The molecule has 0 aliphatic carbocycles. The van der Waals surface area contributed by atoms with Crippen LogP contribution >= 0.6 is 0 Å². The van der Waals surface area contributed by atoms with Gasteiger partial charge >= 0.3 is 0 Å². The average Bonchev–Trinajstić information content (AvgIpc) is 2.99. The minimum Gasteiger partial charge on any atom is -0.481 e. The van der Waals surface area contributed by atoms with Gasteiger partial charge in [-0.15, -0.1) is 0 Å². The van der Waals surface area contributed by atoms with E-state index >= 15 is 0 Å². The Labute approximate surface area is 144 Å². The van der Waals surface area contributed by atoms with Gasteiger partial charge in [0.25, 0.3) is 5.91 Å². The van der Waals surface area contributed by atoms with Crippen molar-refractivity contribution in [1.29, 1.82) is 0 Å². The maximum Gasteiger partial charge on any atom is 0.258 e. The number of nitrogens with one attached hydrogen (secondary N) is 1. The lowest BCUT2D eigenvalue weighted by molar-refractivity contribution is -0.123. The number of nitrogens with zero attached hydrogens (tertiary/aromatic N) is 1. The van der Waals surface area contributed by atoms with Gasteiger partial charge in [0, 0.05) is 25.3 Å². The third kappa shape index (κ3) is 3.97. The highest BCUT2D eigenvalue weighted by atomic mass is 19.1. The summed E-state index contributed by atoms with van der Waals surface area (Å²) in [7, 11) is 1.95. The Morgan fingerprint density at radius 3 is 2.88 bits per heavy atom. The van der Waals surface area contributed by atoms with Crippen LogP contribution in [-0.4, -0.2) is 28.7 Å². The van der Waals surface area contributed by atoms with Gasteiger partial charge in [-0.1, -0.05) is 18.2 Å². The van der Waals surface area contributed by atoms with E-state index in [1.54, 1.807) is 12.1 Å². The van der Waals surface area contributed by atoms with E-state index in [0.717, 1.165) is 10.9 Å². The first-order valence-electron chi connectivity index (χ1n) is 7.91. The number of amides is 1. The molecule has 1 atom stereocenters. The fourth-order valence-electron chi connectivity index (χ4n) is 2.59. The molecule has 3 rings (SSSR count). The number of carbonyl (C=O) groups excluding carboxylic acids is 1. The molecule has 0 bridgehead atoms. The van der Waals surface area contributed by atoms with Crippen LogP contribution in [0.2, 0.25) is 0 Å². The molecule has 25 heavy (non-hydrogen) atoms. The highest BCUT2D eigenvalue weighted by molar-refractivity contribution is 5.81. The zero-order chi connectivity index (χ0) is 17.8. The lowest BCUT2D eigenvalue weighted by Crippen LogP contribution is -2.32. The molecule has 0 aliphatic heterocycles. The molecule has 6 heteroatoms. The number of hydrogen-bond acceptors (Lipinski definition) is 3. The normalized spacial score (nSPS) is 12.1. The maximum atomic E-state index is 13.4. The first-order chi connectivity index (χ1) is 12.0. The predicted molar refractivity (Wildman–Crippen MR) is 92.8 cm³/mol. The van der Waals surface area contributed by atoms with Crippen molar-refractivity contribution in [2.24, 2.45) is 7.05 Å². The second-order valence-corrected chi connectivity index (χ2v) is 5.78. The van der Waals surface area contributed by atoms with E-state index < -0.39 is 17.8 Å². The fraction of sp³-hybridized carbons (Fsp3) is 0.211. The molecular formula is C19H19FN2O3. The number of para-hydroxylation sites is 1. The average molecular weight is 342 g/mol. The Bertz CT molecular complexity index is 891. The first kappa shape index (κ1) is 17.0. The summed E-state index contributed by atoms with van der Waals surface area (Å²) in [5.41, 5.74) is 1.78. The summed E-state index contributed by atoms with van der Waals surface area (Å²) >= 11 is 0. The third-order valence-corrected chi connectivity index (χ3v) is 3.98. The fourth-order valence-corrected chi connectivity index (χ4v) is 2.59. The van der Waals surface area contributed by atoms with Crippen molar-refractivity contribution in [2.75, 3.05) is 13.2 Å². The summed E-state index contributed by atoms with van der Waals surface area (Å²) < 4.78 is 20.5. The third-order valence-electron chi connectivity index (χ3n) is 3.98. The molecule has 0 radical (unpaired) electrons. The largest absolute Gasteiger partial charge is 0.481 e. The predicted octanol–water partition coefficient (Wildman–Crippen LogP) is 2.55. The number of benzene rings is 2. The molecule has 0 aliphatic rings. The van der Waals surface area contributed by atoms with Crippen molar-refractivity contribution in [2.45, 2.75) is 6.10 Å². The quantitative estimate of drug-likeness (QED) is 0.724. The van der Waals surface area contributed by atoms with Gasteiger partial charge in [-0.3, -0.25) is 4.79 Å². The van der Waals surface area contributed by atoms with Crippen LogP contribution in [0.5, 0.6) is 5.75 Å². The molecule has 0 unspecified atom stereocenters. The zero-order valence-electron chi connectivity index (χ0n) is 13.8. The van der Waals surface area contributed by atoms with Gasteiger partial charge in [-0.25, -0.2) is 4.39 Å². The minimum absolute atomic E-state index is 0.0210. The van der Waals surface area contributed by atoms with Crippen molar-refractivity contribution in [3.05, 3.63) is 66.1 Å². The van der Waals surface area contributed by atoms with Crippen LogP contribution in [0.25, 0.3) is 10.9 Å². The molecule has 130 valence electrons. The summed E-state index contributed by atoms with van der Waals surface area (Å²) in [6.07, 6.45) is 1.12. The van der Waals surface area contributed by atoms with E-state index in [-0.39, 0.29) is 18.9 Å². The number of halogens is 1. The number of aromatic nitrogens is 1. The van der Waals surface area contributed by atoms with Gasteiger partial charge in [0.05, 0.1) is 6.10 Å². The smallest absolute Gasteiger partial charge is 0.258 e. The topological polar surface area (TPSA) is 63.5 Å². The summed E-state index contributed by atoms with van der Waals surface area (Å²) in [5.74, 6) is -0.928. The van der Waals surface area contributed by atoms with Gasteiger partial charge < -0.3 is 19.7 Å². The summed E-state index contributed by atoms with van der Waals surface area (Å²) in [6.45, 7) is -0.261. The Morgan fingerprint density at radius 2 is 2.08 bits per heavy atom. The SMILES string of the molecule is Cn1ccc2cc([C@@H](O)CNC(=O)COc3ccccc3F)ccc21. The second kappa shape index (κ2) is 7.36. The van der Waals surface area contributed by atoms with E-state index in [2.05, 4.69) is 5.32 Å². The number of hydrogen-bond donors (Lipinski definition) is 2. The van der Waals surface area contributed by atoms with Crippen LogP contribution in [0.4, 0.5) is 4.39 Å². The van der Waals surface area contributed by atoms with Gasteiger partial charge in [0.15, 0.2) is 18.2 Å². The van der Waals surface area contributed by atoms with Gasteiger partial charge in [0.1, 0.15) is 0 Å². The summed E-state index contributed by atoms with van der Waals surface area (Å²) in [6, 6.07) is 13.5. The molecule has 1 amide bonds. The number of rotatable bonds is 6. The van der Waals surface area contributed by atoms with E-state index in [0.29, 0.717) is 5.56 Å². The maximum absolute atomic E-state index is 13.4. The minimum atomic E-state index is -0.831. The van der Waals surface area contributed by atoms with Gasteiger partial charge in [-0.05, 0) is 41.3 Å². The highest BCUT2D eigenvalue weighted by Crippen LogP contribution is 2.21. The standard InChI is InChI=1S/C19H19FN2O3/c1-22-9-8-13-10-14(6-7-16(13)22)17(23)11-21-19(24)12-25-18-5-3-2-4-15(18)20/h2-10,17,23H,11-12H2,1H3,(H,21,24)/t17-/m0/s1. The molecule has 0 fully saturated rings.